The van der Waals surface area contributed by atoms with Gasteiger partial charge in [-0.15, -0.1) is 0 Å². The quantitative estimate of drug-likeness (QED) is 0.396. The molecule has 38 heavy (non-hydrogen) atoms. The second-order valence-electron chi connectivity index (χ2n) is 11.9. The van der Waals surface area contributed by atoms with Gasteiger partial charge in [0.1, 0.15) is 0 Å². The first-order valence-electron chi connectivity index (χ1n) is 13.2. The Labute approximate surface area is 235 Å². The lowest BCUT2D eigenvalue weighted by Gasteiger charge is -2.42. The molecule has 0 unspecified atom stereocenters. The first-order chi connectivity index (χ1) is 17.8. The fraction of sp³-hybridized carbons (Fsp3) is 0.536. The number of hydrogen-bond acceptors (Lipinski definition) is 5. The van der Waals surface area contributed by atoms with Gasteiger partial charge in [-0.1, -0.05) is 45.0 Å². The molecule has 3 heterocycles. The number of nitrogens with zero attached hydrogens (tertiary/aromatic N) is 4. The summed E-state index contributed by atoms with van der Waals surface area (Å²) in [6.45, 7) is 15.7. The Morgan fingerprint density at radius 3 is 2.50 bits per heavy atom. The summed E-state index contributed by atoms with van der Waals surface area (Å²) >= 11 is 3.28. The van der Waals surface area contributed by atoms with E-state index in [4.69, 9.17) is 4.43 Å². The maximum Gasteiger partial charge on any atom is 0.337 e. The summed E-state index contributed by atoms with van der Waals surface area (Å²) in [5.74, 6) is -1.05. The van der Waals surface area contributed by atoms with Gasteiger partial charge < -0.3 is 19.3 Å². The van der Waals surface area contributed by atoms with Gasteiger partial charge in [-0.25, -0.2) is 9.59 Å². The molecule has 8 nitrogen and oxygen atoms in total. The number of carbonyl (C=O) groups excluding carboxylic acids is 1. The smallest absolute Gasteiger partial charge is 0.337 e. The molecule has 1 N–H and O–H groups in total. The maximum absolute atomic E-state index is 13.4. The average Bonchev–Trinajstić information content (AvgIpc) is 3.17. The highest BCUT2D eigenvalue weighted by molar-refractivity contribution is 9.10. The Bertz CT molecular complexity index is 1190. The van der Waals surface area contributed by atoms with Crippen molar-refractivity contribution in [1.29, 1.82) is 0 Å². The number of aromatic nitrogens is 1. The van der Waals surface area contributed by atoms with Crippen LogP contribution in [0.3, 0.4) is 0 Å². The summed E-state index contributed by atoms with van der Waals surface area (Å²) in [5.41, 5.74) is 3.27. The Balaban J connectivity index is 1.47. The number of rotatable bonds is 9. The van der Waals surface area contributed by atoms with Crippen LogP contribution in [-0.2, 0) is 23.9 Å². The van der Waals surface area contributed by atoms with Crippen molar-refractivity contribution in [2.75, 3.05) is 32.7 Å². The maximum atomic E-state index is 13.4. The van der Waals surface area contributed by atoms with Crippen molar-refractivity contribution in [2.24, 2.45) is 0 Å². The average molecular weight is 604 g/mol. The van der Waals surface area contributed by atoms with Gasteiger partial charge in [-0.2, -0.15) is 0 Å². The van der Waals surface area contributed by atoms with Gasteiger partial charge in [0.2, 0.25) is 0 Å². The molecule has 10 heteroatoms. The van der Waals surface area contributed by atoms with Crippen molar-refractivity contribution < 1.29 is 19.1 Å². The topological polar surface area (TPSA) is 86.2 Å². The highest BCUT2D eigenvalue weighted by Crippen LogP contribution is 2.37. The van der Waals surface area contributed by atoms with Gasteiger partial charge in [0, 0.05) is 49.9 Å². The van der Waals surface area contributed by atoms with Crippen LogP contribution in [0.15, 0.2) is 41.0 Å². The van der Waals surface area contributed by atoms with E-state index in [1.807, 2.05) is 4.90 Å². The third-order valence-corrected chi connectivity index (χ3v) is 13.0. The summed E-state index contributed by atoms with van der Waals surface area (Å²) in [4.78, 5) is 35.4. The molecule has 1 atom stereocenters. The number of fused-ring (bicyclic) bond motifs is 1. The van der Waals surface area contributed by atoms with E-state index in [1.165, 1.54) is 17.2 Å². The molecule has 1 aromatic carbocycles. The van der Waals surface area contributed by atoms with Gasteiger partial charge in [-0.3, -0.25) is 9.88 Å². The number of carboxylic acids is 1. The van der Waals surface area contributed by atoms with Crippen LogP contribution in [0.1, 0.15) is 48.0 Å². The number of urea groups is 1. The Kier molecular flexibility index (Phi) is 8.66. The monoisotopic (exact) mass is 602 g/mol. The normalized spacial score (nSPS) is 17.6. The fourth-order valence-electron chi connectivity index (χ4n) is 4.88. The van der Waals surface area contributed by atoms with E-state index < -0.39 is 14.3 Å². The Morgan fingerprint density at radius 1 is 1.13 bits per heavy atom. The van der Waals surface area contributed by atoms with E-state index in [0.29, 0.717) is 29.8 Å². The van der Waals surface area contributed by atoms with E-state index in [9.17, 15) is 14.7 Å². The van der Waals surface area contributed by atoms with E-state index in [0.717, 1.165) is 26.1 Å². The highest BCUT2D eigenvalue weighted by atomic mass is 79.9. The molecule has 2 aromatic rings. The summed E-state index contributed by atoms with van der Waals surface area (Å²) < 4.78 is 7.51. The Morgan fingerprint density at radius 2 is 1.82 bits per heavy atom. The van der Waals surface area contributed by atoms with Crippen molar-refractivity contribution in [3.63, 3.8) is 0 Å². The summed E-state index contributed by atoms with van der Waals surface area (Å²) in [5, 5.41) is 9.66. The number of benzene rings is 1. The minimum absolute atomic E-state index is 0.0568. The number of hydrogen-bond donors (Lipinski definition) is 1. The number of halogens is 1. The van der Waals surface area contributed by atoms with Gasteiger partial charge in [0.15, 0.2) is 8.32 Å². The first kappa shape index (κ1) is 28.7. The van der Waals surface area contributed by atoms with Crippen LogP contribution < -0.4 is 0 Å². The lowest BCUT2D eigenvalue weighted by Crippen LogP contribution is -2.51. The predicted octanol–water partition coefficient (Wildman–Crippen LogP) is 5.23. The molecule has 2 aliphatic heterocycles. The van der Waals surface area contributed by atoms with E-state index in [1.54, 1.807) is 11.1 Å². The van der Waals surface area contributed by atoms with Crippen molar-refractivity contribution in [3.8, 4) is 0 Å². The van der Waals surface area contributed by atoms with Crippen LogP contribution in [0, 0.1) is 0 Å². The summed E-state index contributed by atoms with van der Waals surface area (Å²) in [7, 11) is -2.08. The summed E-state index contributed by atoms with van der Waals surface area (Å²) in [6, 6.07) is 10.0. The largest absolute Gasteiger partial charge is 0.478 e. The third-order valence-electron chi connectivity index (χ3n) is 8.05. The number of pyridine rings is 1. The molecule has 1 saturated heterocycles. The van der Waals surface area contributed by atoms with Crippen molar-refractivity contribution >= 4 is 36.2 Å². The zero-order valence-electron chi connectivity index (χ0n) is 23.0. The molecule has 1 aromatic heterocycles. The molecular formula is C28H39BrN4O4Si. The van der Waals surface area contributed by atoms with Crippen LogP contribution in [-0.4, -0.2) is 83.9 Å². The minimum atomic E-state index is -2.08. The van der Waals surface area contributed by atoms with E-state index >= 15 is 0 Å². The zero-order chi connectivity index (χ0) is 27.7. The summed E-state index contributed by atoms with van der Waals surface area (Å²) in [6.07, 6.45) is 2.48. The SMILES string of the molecule is CC(C)(C)[Si](C)(C)O[C@H](CN1CCc2ccccc2C1)CN1CCN(Cc2ncc(Br)cc2C(=O)O)C1=O. The lowest BCUT2D eigenvalue weighted by molar-refractivity contribution is 0.0693. The van der Waals surface area contributed by atoms with Gasteiger partial charge in [0.05, 0.1) is 23.9 Å². The molecule has 4 rings (SSSR count). The minimum Gasteiger partial charge on any atom is -0.478 e. The van der Waals surface area contributed by atoms with Crippen LogP contribution in [0.25, 0.3) is 0 Å². The Hall–Kier alpha value is -2.27. The van der Waals surface area contributed by atoms with Crippen LogP contribution in [0.2, 0.25) is 18.1 Å². The van der Waals surface area contributed by atoms with Crippen molar-refractivity contribution in [2.45, 2.75) is 64.5 Å². The second kappa shape index (κ2) is 11.5. The number of carboxylic acid groups (broad SMARTS) is 1. The number of carbonyl (C=O) groups is 2. The van der Waals surface area contributed by atoms with Crippen LogP contribution >= 0.6 is 15.9 Å². The molecule has 0 bridgehead atoms. The fourth-order valence-corrected chi connectivity index (χ4v) is 6.55. The highest BCUT2D eigenvalue weighted by Gasteiger charge is 2.41. The van der Waals surface area contributed by atoms with Gasteiger partial charge >= 0.3 is 12.0 Å². The van der Waals surface area contributed by atoms with Crippen molar-refractivity contribution in [3.05, 3.63) is 63.4 Å². The van der Waals surface area contributed by atoms with E-state index in [-0.39, 0.29) is 29.3 Å². The number of amides is 2. The van der Waals surface area contributed by atoms with Crippen molar-refractivity contribution in [1.82, 2.24) is 19.7 Å². The molecule has 0 spiro atoms. The molecule has 206 valence electrons. The van der Waals surface area contributed by atoms with Crippen LogP contribution in [0.4, 0.5) is 4.79 Å². The third kappa shape index (κ3) is 6.65. The molecule has 2 aliphatic rings. The molecule has 2 amide bonds. The van der Waals surface area contributed by atoms with E-state index in [2.05, 4.69) is 83.9 Å². The zero-order valence-corrected chi connectivity index (χ0v) is 25.6. The second-order valence-corrected chi connectivity index (χ2v) is 17.5. The first-order valence-corrected chi connectivity index (χ1v) is 16.9. The predicted molar refractivity (Wildman–Crippen MR) is 154 cm³/mol. The lowest BCUT2D eigenvalue weighted by atomic mass is 10.00. The molecule has 1 fully saturated rings. The molecule has 0 saturated carbocycles. The standard InChI is InChI=1S/C28H39BrN4O4Si/c1-28(2,3)38(4,5)37-23(17-31-11-10-20-8-6-7-9-21(20)16-31)18-32-12-13-33(27(32)36)19-25-24(26(34)35)14-22(29)15-30-25/h6-9,14-15,23H,10-13,16-19H2,1-5H3,(H,34,35)/t23-/m1/s1. The molecule has 0 aliphatic carbocycles. The van der Waals surface area contributed by atoms with Crippen LogP contribution in [0.5, 0.6) is 0 Å². The van der Waals surface area contributed by atoms with Gasteiger partial charge in [-0.05, 0) is 57.7 Å². The molecular weight excluding hydrogens is 564 g/mol. The number of aromatic carboxylic acids is 1. The molecule has 0 radical (unpaired) electrons. The van der Waals surface area contributed by atoms with Gasteiger partial charge in [0.25, 0.3) is 0 Å².